The lowest BCUT2D eigenvalue weighted by Crippen LogP contribution is -2.42. The van der Waals surface area contributed by atoms with E-state index in [9.17, 15) is 0 Å². The van der Waals surface area contributed by atoms with Gasteiger partial charge < -0.3 is 10.6 Å². The molecule has 1 saturated heterocycles. The Hall–Kier alpha value is -0.120. The molecule has 0 amide bonds. The van der Waals surface area contributed by atoms with Gasteiger partial charge in [-0.1, -0.05) is 6.42 Å². The Morgan fingerprint density at radius 3 is 2.76 bits per heavy atom. The molecule has 2 N–H and O–H groups in total. The molecule has 1 aliphatic heterocycles. The monoisotopic (exact) mass is 239 g/mol. The Labute approximate surface area is 106 Å². The van der Waals surface area contributed by atoms with Crippen LogP contribution < -0.4 is 5.73 Å². The van der Waals surface area contributed by atoms with E-state index in [0.29, 0.717) is 12.1 Å². The third kappa shape index (κ3) is 3.94. The highest BCUT2D eigenvalue weighted by atomic mass is 15.2. The number of hydrogen-bond donors (Lipinski definition) is 1. The van der Waals surface area contributed by atoms with Crippen molar-refractivity contribution in [1.29, 1.82) is 0 Å². The van der Waals surface area contributed by atoms with Gasteiger partial charge in [-0.05, 0) is 58.7 Å². The molecule has 2 rings (SSSR count). The van der Waals surface area contributed by atoms with E-state index in [1.807, 2.05) is 0 Å². The lowest BCUT2D eigenvalue weighted by molar-refractivity contribution is 0.151. The van der Waals surface area contributed by atoms with Crippen molar-refractivity contribution in [2.24, 2.45) is 11.7 Å². The molecule has 1 aliphatic carbocycles. The van der Waals surface area contributed by atoms with Crippen molar-refractivity contribution in [3.8, 4) is 0 Å². The SMILES string of the molecule is CC1CN(C)CCCN1CC1CCCC(N)C1. The normalized spacial score (nSPS) is 37.9. The van der Waals surface area contributed by atoms with Gasteiger partial charge in [0.15, 0.2) is 0 Å². The van der Waals surface area contributed by atoms with E-state index in [2.05, 4.69) is 23.8 Å². The molecule has 2 aliphatic rings. The number of nitrogens with two attached hydrogens (primary N) is 1. The lowest BCUT2D eigenvalue weighted by Gasteiger charge is -2.34. The van der Waals surface area contributed by atoms with Gasteiger partial charge in [-0.15, -0.1) is 0 Å². The fourth-order valence-corrected chi connectivity index (χ4v) is 3.52. The standard InChI is InChI=1S/C14H29N3/c1-12-10-16(2)7-4-8-17(12)11-13-5-3-6-14(15)9-13/h12-14H,3-11,15H2,1-2H3. The van der Waals surface area contributed by atoms with Crippen LogP contribution in [-0.2, 0) is 0 Å². The summed E-state index contributed by atoms with van der Waals surface area (Å²) in [5, 5.41) is 0. The summed E-state index contributed by atoms with van der Waals surface area (Å²) in [6.07, 6.45) is 6.55. The lowest BCUT2D eigenvalue weighted by atomic mass is 9.85. The summed E-state index contributed by atoms with van der Waals surface area (Å²) < 4.78 is 0. The van der Waals surface area contributed by atoms with Gasteiger partial charge in [0.05, 0.1) is 0 Å². The van der Waals surface area contributed by atoms with E-state index < -0.39 is 0 Å². The molecular weight excluding hydrogens is 210 g/mol. The molecule has 1 heterocycles. The first-order chi connectivity index (χ1) is 8.15. The second-order valence-corrected chi connectivity index (χ2v) is 6.25. The molecule has 3 nitrogen and oxygen atoms in total. The predicted octanol–water partition coefficient (Wildman–Crippen LogP) is 1.53. The van der Waals surface area contributed by atoms with E-state index >= 15 is 0 Å². The maximum Gasteiger partial charge on any atom is 0.0194 e. The predicted molar refractivity (Wildman–Crippen MR) is 73.1 cm³/mol. The number of nitrogens with zero attached hydrogens (tertiary/aromatic N) is 2. The van der Waals surface area contributed by atoms with Crippen LogP contribution in [0.5, 0.6) is 0 Å². The van der Waals surface area contributed by atoms with Gasteiger partial charge in [-0.2, -0.15) is 0 Å². The van der Waals surface area contributed by atoms with E-state index in [-0.39, 0.29) is 0 Å². The topological polar surface area (TPSA) is 32.5 Å². The Morgan fingerprint density at radius 1 is 1.18 bits per heavy atom. The smallest absolute Gasteiger partial charge is 0.0194 e. The minimum absolute atomic E-state index is 0.471. The Bertz CT molecular complexity index is 232. The molecule has 0 bridgehead atoms. The number of rotatable bonds is 2. The van der Waals surface area contributed by atoms with Gasteiger partial charge in [-0.25, -0.2) is 0 Å². The zero-order valence-electron chi connectivity index (χ0n) is 11.6. The van der Waals surface area contributed by atoms with Gasteiger partial charge in [0, 0.05) is 25.2 Å². The second-order valence-electron chi connectivity index (χ2n) is 6.25. The highest BCUT2D eigenvalue weighted by molar-refractivity contribution is 4.81. The van der Waals surface area contributed by atoms with E-state index in [1.54, 1.807) is 0 Å². The molecule has 0 radical (unpaired) electrons. The van der Waals surface area contributed by atoms with Crippen molar-refractivity contribution in [1.82, 2.24) is 9.80 Å². The number of likely N-dealkylation sites (N-methyl/N-ethyl adjacent to an activating group) is 1. The van der Waals surface area contributed by atoms with E-state index in [0.717, 1.165) is 5.92 Å². The molecule has 0 aromatic carbocycles. The molecule has 3 atom stereocenters. The van der Waals surface area contributed by atoms with Crippen LogP contribution in [0.4, 0.5) is 0 Å². The van der Waals surface area contributed by atoms with E-state index in [1.165, 1.54) is 58.3 Å². The maximum absolute atomic E-state index is 6.09. The molecule has 2 fully saturated rings. The summed E-state index contributed by atoms with van der Waals surface area (Å²) in [5.74, 6) is 0.851. The summed E-state index contributed by atoms with van der Waals surface area (Å²) in [7, 11) is 2.25. The summed E-state index contributed by atoms with van der Waals surface area (Å²) >= 11 is 0. The zero-order valence-corrected chi connectivity index (χ0v) is 11.6. The van der Waals surface area contributed by atoms with Gasteiger partial charge in [0.2, 0.25) is 0 Å². The van der Waals surface area contributed by atoms with E-state index in [4.69, 9.17) is 5.73 Å². The Morgan fingerprint density at radius 2 is 2.00 bits per heavy atom. The highest BCUT2D eigenvalue weighted by Crippen LogP contribution is 2.25. The quantitative estimate of drug-likeness (QED) is 0.793. The van der Waals surface area contributed by atoms with Gasteiger partial charge >= 0.3 is 0 Å². The molecular formula is C14H29N3. The first kappa shape index (κ1) is 13.3. The van der Waals surface area contributed by atoms with Crippen LogP contribution in [0.3, 0.4) is 0 Å². The fourth-order valence-electron chi connectivity index (χ4n) is 3.52. The first-order valence-corrected chi connectivity index (χ1v) is 7.33. The second kappa shape index (κ2) is 6.17. The molecule has 0 aromatic heterocycles. The molecule has 0 aromatic rings. The Balaban J connectivity index is 1.84. The molecule has 0 spiro atoms. The van der Waals surface area contributed by atoms with Crippen LogP contribution in [0.25, 0.3) is 0 Å². The summed E-state index contributed by atoms with van der Waals surface area (Å²) in [6.45, 7) is 7.41. The van der Waals surface area contributed by atoms with Crippen molar-refractivity contribution in [3.63, 3.8) is 0 Å². The van der Waals surface area contributed by atoms with Crippen molar-refractivity contribution >= 4 is 0 Å². The van der Waals surface area contributed by atoms with Gasteiger partial charge in [-0.3, -0.25) is 4.90 Å². The summed E-state index contributed by atoms with van der Waals surface area (Å²) in [4.78, 5) is 5.17. The minimum Gasteiger partial charge on any atom is -0.328 e. The summed E-state index contributed by atoms with van der Waals surface area (Å²) in [5.41, 5.74) is 6.09. The fraction of sp³-hybridized carbons (Fsp3) is 1.00. The van der Waals surface area contributed by atoms with Crippen LogP contribution in [0.2, 0.25) is 0 Å². The maximum atomic E-state index is 6.09. The van der Waals surface area contributed by atoms with Gasteiger partial charge in [0.25, 0.3) is 0 Å². The summed E-state index contributed by atoms with van der Waals surface area (Å²) in [6, 6.07) is 1.18. The van der Waals surface area contributed by atoms with Crippen LogP contribution in [-0.4, -0.2) is 55.1 Å². The molecule has 1 saturated carbocycles. The Kier molecular flexibility index (Phi) is 4.83. The molecule has 100 valence electrons. The van der Waals surface area contributed by atoms with Crippen LogP contribution in [0.1, 0.15) is 39.0 Å². The van der Waals surface area contributed by atoms with Crippen LogP contribution >= 0.6 is 0 Å². The van der Waals surface area contributed by atoms with Crippen LogP contribution in [0.15, 0.2) is 0 Å². The number of hydrogen-bond acceptors (Lipinski definition) is 3. The van der Waals surface area contributed by atoms with Crippen molar-refractivity contribution in [3.05, 3.63) is 0 Å². The molecule has 3 heteroatoms. The molecule has 17 heavy (non-hydrogen) atoms. The minimum atomic E-state index is 0.471. The zero-order chi connectivity index (χ0) is 12.3. The van der Waals surface area contributed by atoms with Gasteiger partial charge in [0.1, 0.15) is 0 Å². The third-order valence-electron chi connectivity index (χ3n) is 4.50. The van der Waals surface area contributed by atoms with Crippen molar-refractivity contribution in [2.75, 3.05) is 33.2 Å². The van der Waals surface area contributed by atoms with Crippen molar-refractivity contribution in [2.45, 2.75) is 51.1 Å². The average Bonchev–Trinajstić information content (AvgIpc) is 2.41. The molecule has 3 unspecified atom stereocenters. The first-order valence-electron chi connectivity index (χ1n) is 7.33. The van der Waals surface area contributed by atoms with Crippen molar-refractivity contribution < 1.29 is 0 Å². The highest BCUT2D eigenvalue weighted by Gasteiger charge is 2.25. The third-order valence-corrected chi connectivity index (χ3v) is 4.50. The van der Waals surface area contributed by atoms with Crippen LogP contribution in [0, 0.1) is 5.92 Å². The average molecular weight is 239 g/mol. The largest absolute Gasteiger partial charge is 0.328 e.